The molecule has 0 atom stereocenters. The molecule has 0 aromatic carbocycles. The maximum atomic E-state index is 7.07. The minimum atomic E-state index is 0. The molecule has 0 amide bonds. The molecule has 0 spiro atoms. The summed E-state index contributed by atoms with van der Waals surface area (Å²) in [5.41, 5.74) is 28.3. The zero-order chi connectivity index (χ0) is 56.1. The Morgan fingerprint density at radius 3 is 0.377 bits per heavy atom. The van der Waals surface area contributed by atoms with Crippen LogP contribution in [0.5, 0.6) is 0 Å². The van der Waals surface area contributed by atoms with Crippen molar-refractivity contribution in [3.8, 4) is 0 Å². The topological polar surface area (TPSA) is 95.2 Å². The molecular weight excluding hydrogens is 1040 g/mol. The minimum absolute atomic E-state index is 0. The van der Waals surface area contributed by atoms with Gasteiger partial charge >= 0.3 is 23.9 Å². The molecule has 0 fully saturated rings. The van der Waals surface area contributed by atoms with Gasteiger partial charge in [-0.05, 0) is 103 Å². The fourth-order valence-corrected chi connectivity index (χ4v) is 9.49. The van der Waals surface area contributed by atoms with Gasteiger partial charge in [0.25, 0.3) is 0 Å². The summed E-state index contributed by atoms with van der Waals surface area (Å²) in [7, 11) is 0. The molecule has 0 heterocycles. The Bertz CT molecular complexity index is 866. The van der Waals surface area contributed by atoms with Crippen molar-refractivity contribution in [2.45, 2.75) is 387 Å². The van der Waals surface area contributed by atoms with Crippen LogP contribution in [0.1, 0.15) is 387 Å². The first-order chi connectivity index (χ1) is 37.7. The molecular formula is C72H144N4Sn. The summed E-state index contributed by atoms with van der Waals surface area (Å²) in [5, 5.41) is 0. The zero-order valence-corrected chi connectivity index (χ0v) is 56.4. The number of nitrogens with one attached hydrogen (secondary N) is 4. The first-order valence-electron chi connectivity index (χ1n) is 34.8. The van der Waals surface area contributed by atoms with Crippen LogP contribution in [0.3, 0.4) is 0 Å². The van der Waals surface area contributed by atoms with Gasteiger partial charge in [0.15, 0.2) is 0 Å². The average molecular weight is 1180 g/mol. The first kappa shape index (κ1) is 85.4. The summed E-state index contributed by atoms with van der Waals surface area (Å²) in [6.45, 7) is 11.6. The molecule has 0 rings (SSSR count). The molecule has 0 aromatic heterocycles. The van der Waals surface area contributed by atoms with Crippen LogP contribution >= 0.6 is 0 Å². The summed E-state index contributed by atoms with van der Waals surface area (Å²) < 4.78 is 0. The number of allylic oxidation sites excluding steroid dienone is 8. The van der Waals surface area contributed by atoms with Crippen LogP contribution in [0.2, 0.25) is 0 Å². The SMILES string of the molecule is CCCCCCCC/C=C\CCCCCCCC[NH-].CCCCCCCC/C=C\CCCCCCCC[NH-].CCCCCCCC/C=C\CCCCCCCC[NH-].CCCCCCCC/C=C\CCCCCCCC[NH-].[Sn+4]. The Kier molecular flexibility index (Phi) is 102. The van der Waals surface area contributed by atoms with Crippen molar-refractivity contribution < 1.29 is 0 Å². The van der Waals surface area contributed by atoms with Crippen molar-refractivity contribution in [2.24, 2.45) is 0 Å². The second kappa shape index (κ2) is 92.1. The standard InChI is InChI=1S/4C18H36N.Sn/c4*1-2-3-4-5-6-7-8-9-10-11-12-13-14-15-16-17-18-19;/h4*9-10,19H,2-8,11-18H2,1H3;/q4*-1;+4/b4*10-9-;. The summed E-state index contributed by atoms with van der Waals surface area (Å²) in [4.78, 5) is 0. The minimum Gasteiger partial charge on any atom is -0.677 e. The van der Waals surface area contributed by atoms with E-state index in [-0.39, 0.29) is 23.9 Å². The van der Waals surface area contributed by atoms with Gasteiger partial charge in [-0.3, -0.25) is 0 Å². The molecule has 0 aromatic rings. The summed E-state index contributed by atoms with van der Waals surface area (Å²) in [6.07, 6.45) is 94.2. The van der Waals surface area contributed by atoms with Crippen LogP contribution in [-0.4, -0.2) is 50.1 Å². The Labute approximate surface area is 505 Å². The monoisotopic (exact) mass is 1190 g/mol. The Morgan fingerprint density at radius 2 is 0.260 bits per heavy atom. The fraction of sp³-hybridized carbons (Fsp3) is 0.889. The third-order valence-electron chi connectivity index (χ3n) is 14.8. The summed E-state index contributed by atoms with van der Waals surface area (Å²) in [5.74, 6) is 0. The number of hydrogen-bond acceptors (Lipinski definition) is 0. The van der Waals surface area contributed by atoms with Crippen LogP contribution in [0.15, 0.2) is 48.6 Å². The average Bonchev–Trinajstić information content (AvgIpc) is 3.43. The molecule has 4 nitrogen and oxygen atoms in total. The normalized spacial score (nSPS) is 11.3. The van der Waals surface area contributed by atoms with Crippen LogP contribution < -0.4 is 0 Å². The van der Waals surface area contributed by atoms with Crippen LogP contribution in [0.4, 0.5) is 0 Å². The van der Waals surface area contributed by atoms with E-state index in [9.17, 15) is 0 Å². The van der Waals surface area contributed by atoms with Crippen molar-refractivity contribution in [2.75, 3.05) is 26.2 Å². The first-order valence-corrected chi connectivity index (χ1v) is 34.8. The van der Waals surface area contributed by atoms with Gasteiger partial charge in [0.1, 0.15) is 0 Å². The zero-order valence-electron chi connectivity index (χ0n) is 53.5. The van der Waals surface area contributed by atoms with E-state index in [0.29, 0.717) is 26.2 Å². The van der Waals surface area contributed by atoms with Gasteiger partial charge in [-0.1, -0.05) is 333 Å². The van der Waals surface area contributed by atoms with E-state index < -0.39 is 0 Å². The Morgan fingerprint density at radius 1 is 0.156 bits per heavy atom. The van der Waals surface area contributed by atoms with Gasteiger partial charge in [-0.25, -0.2) is 0 Å². The third-order valence-corrected chi connectivity index (χ3v) is 14.8. The largest absolute Gasteiger partial charge is 4.00 e. The van der Waals surface area contributed by atoms with E-state index in [2.05, 4.69) is 76.3 Å². The number of rotatable bonds is 60. The van der Waals surface area contributed by atoms with E-state index in [1.54, 1.807) is 0 Å². The van der Waals surface area contributed by atoms with Gasteiger partial charge in [0, 0.05) is 0 Å². The molecule has 0 aliphatic rings. The molecule has 4 N–H and O–H groups in total. The van der Waals surface area contributed by atoms with Crippen molar-refractivity contribution in [1.29, 1.82) is 0 Å². The van der Waals surface area contributed by atoms with Crippen molar-refractivity contribution >= 4 is 23.9 Å². The van der Waals surface area contributed by atoms with E-state index in [1.165, 1.54) is 334 Å². The Hall–Kier alpha value is -0.401. The molecule has 0 aliphatic carbocycles. The van der Waals surface area contributed by atoms with Crippen LogP contribution in [-0.2, 0) is 0 Å². The predicted octanol–water partition coefficient (Wildman–Crippen LogP) is 27.9. The van der Waals surface area contributed by atoms with Gasteiger partial charge in [-0.2, -0.15) is 26.2 Å². The van der Waals surface area contributed by atoms with Gasteiger partial charge < -0.3 is 22.9 Å². The molecule has 0 bridgehead atoms. The number of unbranched alkanes of at least 4 members (excludes halogenated alkanes) is 48. The summed E-state index contributed by atoms with van der Waals surface area (Å²) >= 11 is 0. The van der Waals surface area contributed by atoms with Crippen LogP contribution in [0, 0.1) is 0 Å². The molecule has 77 heavy (non-hydrogen) atoms. The maximum Gasteiger partial charge on any atom is 4.00 e. The Balaban J connectivity index is -0.000000298. The molecule has 0 radical (unpaired) electrons. The third kappa shape index (κ3) is 101. The van der Waals surface area contributed by atoms with Gasteiger partial charge in [-0.15, -0.1) is 0 Å². The van der Waals surface area contributed by atoms with Gasteiger partial charge in [0.2, 0.25) is 0 Å². The van der Waals surface area contributed by atoms with E-state index in [1.807, 2.05) is 0 Å². The second-order valence-corrected chi connectivity index (χ2v) is 22.8. The molecule has 456 valence electrons. The van der Waals surface area contributed by atoms with E-state index >= 15 is 0 Å². The van der Waals surface area contributed by atoms with Crippen molar-refractivity contribution in [3.63, 3.8) is 0 Å². The quantitative estimate of drug-likeness (QED) is 0.0330. The summed E-state index contributed by atoms with van der Waals surface area (Å²) in [6, 6.07) is 0. The number of hydrogen-bond donors (Lipinski definition) is 0. The molecule has 0 aliphatic heterocycles. The molecule has 0 unspecified atom stereocenters. The van der Waals surface area contributed by atoms with Gasteiger partial charge in [0.05, 0.1) is 0 Å². The smallest absolute Gasteiger partial charge is 0.677 e. The van der Waals surface area contributed by atoms with Crippen molar-refractivity contribution in [3.05, 3.63) is 71.5 Å². The predicted molar refractivity (Wildman–Crippen MR) is 360 cm³/mol. The fourth-order valence-electron chi connectivity index (χ4n) is 9.49. The molecule has 0 saturated carbocycles. The maximum absolute atomic E-state index is 7.07. The molecule has 5 heteroatoms. The van der Waals surface area contributed by atoms with E-state index in [4.69, 9.17) is 22.9 Å². The van der Waals surface area contributed by atoms with E-state index in [0.717, 1.165) is 25.7 Å². The van der Waals surface area contributed by atoms with Crippen LogP contribution in [0.25, 0.3) is 22.9 Å². The second-order valence-electron chi connectivity index (χ2n) is 22.8. The molecule has 0 saturated heterocycles. The van der Waals surface area contributed by atoms with Crippen molar-refractivity contribution in [1.82, 2.24) is 0 Å².